The van der Waals surface area contributed by atoms with E-state index < -0.39 is 12.1 Å². The first kappa shape index (κ1) is 36.6. The van der Waals surface area contributed by atoms with E-state index in [1.807, 2.05) is 54.6 Å². The van der Waals surface area contributed by atoms with Crippen molar-refractivity contribution in [2.45, 2.75) is 44.1 Å². The monoisotopic (exact) mass is 732 g/mol. The predicted octanol–water partition coefficient (Wildman–Crippen LogP) is 5.18. The number of rotatable bonds is 15. The molecule has 2 aromatic heterocycles. The lowest BCUT2D eigenvalue weighted by Gasteiger charge is -2.13. The van der Waals surface area contributed by atoms with Crippen LogP contribution in [0.25, 0.3) is 44.1 Å². The van der Waals surface area contributed by atoms with Crippen molar-refractivity contribution in [3.8, 4) is 33.8 Å². The molecule has 1 unspecified atom stereocenters. The molecular weight excluding hydrogens is 688 g/mol. The lowest BCUT2D eigenvalue weighted by atomic mass is 10.0. The number of carbonyl (C=O) groups is 2. The quantitative estimate of drug-likeness (QED) is 0.0703. The number of nitrogens with one attached hydrogen (secondary N) is 4. The van der Waals surface area contributed by atoms with Crippen molar-refractivity contribution in [3.63, 3.8) is 0 Å². The predicted molar refractivity (Wildman–Crippen MR) is 209 cm³/mol. The van der Waals surface area contributed by atoms with Gasteiger partial charge in [-0.05, 0) is 116 Å². The molecule has 1 aliphatic rings. The minimum atomic E-state index is -0.993. The molecule has 0 saturated carbocycles. The van der Waals surface area contributed by atoms with E-state index in [1.165, 1.54) is 6.07 Å². The van der Waals surface area contributed by atoms with Gasteiger partial charge in [-0.2, -0.15) is 0 Å². The lowest BCUT2D eigenvalue weighted by molar-refractivity contribution is 0.0455. The average molecular weight is 733 g/mol. The maximum Gasteiger partial charge on any atom is 0.270 e. The number of hydrogen-bond acceptors (Lipinski definition) is 8. The van der Waals surface area contributed by atoms with Crippen LogP contribution < -0.4 is 43.0 Å². The highest BCUT2D eigenvalue weighted by atomic mass is 19.1. The summed E-state index contributed by atoms with van der Waals surface area (Å²) >= 11 is 0. The van der Waals surface area contributed by atoms with E-state index in [-0.39, 0.29) is 29.5 Å². The highest BCUT2D eigenvalue weighted by Crippen LogP contribution is 2.44. The molecule has 0 spiro atoms. The molecule has 0 saturated heterocycles. The Morgan fingerprint density at radius 2 is 1.20 bits per heavy atom. The Bertz CT molecular complexity index is 2300. The van der Waals surface area contributed by atoms with Gasteiger partial charge in [-0.3, -0.25) is 9.59 Å². The second-order valence-corrected chi connectivity index (χ2v) is 13.7. The van der Waals surface area contributed by atoms with Gasteiger partial charge in [0.05, 0.1) is 5.56 Å². The van der Waals surface area contributed by atoms with E-state index in [4.69, 9.17) is 32.4 Å². The van der Waals surface area contributed by atoms with Gasteiger partial charge in [-0.15, -0.1) is 0 Å². The summed E-state index contributed by atoms with van der Waals surface area (Å²) in [6.07, 6.45) is 2.10. The average Bonchev–Trinajstić information content (AvgIpc) is 3.93. The molecular formula is C41H45FN8O4. The largest absolute Gasteiger partial charge is 0.447 e. The van der Waals surface area contributed by atoms with Crippen LogP contribution in [-0.2, 0) is 0 Å². The summed E-state index contributed by atoms with van der Waals surface area (Å²) in [6.45, 7) is 1.84. The first-order chi connectivity index (χ1) is 26.2. The van der Waals surface area contributed by atoms with Crippen LogP contribution in [0.2, 0.25) is 0 Å². The van der Waals surface area contributed by atoms with Crippen molar-refractivity contribution in [1.29, 1.82) is 0 Å². The van der Waals surface area contributed by atoms with Gasteiger partial charge in [-0.25, -0.2) is 4.39 Å². The standard InChI is InChI=1S/C41H45FN8O4/c42-32-10-7-24(23-8-11-33-28(15-23)19-36(49-33)40(52)48-22-30(46)4-2-14-44)16-31(32)41-53-37-12-9-26(20-38(37)54-41)25-5-6-27-18-35(50-34(27)17-25)39(51)47-21-29(45)3-1-13-43/h5-12,15-20,29-30,41,49-50H,1-4,13-14,21-22,43-46H2,(H,47,51)(H,48,52)/t29-,30-,41?/m1/s1. The molecule has 2 amide bonds. The molecule has 0 aliphatic carbocycles. The number of aromatic nitrogens is 2. The van der Waals surface area contributed by atoms with Crippen molar-refractivity contribution in [3.05, 3.63) is 108 Å². The zero-order valence-electron chi connectivity index (χ0n) is 29.8. The minimum absolute atomic E-state index is 0.154. The number of ether oxygens (including phenoxy) is 2. The second kappa shape index (κ2) is 16.1. The van der Waals surface area contributed by atoms with Crippen LogP contribution in [0, 0.1) is 5.82 Å². The molecule has 0 radical (unpaired) electrons. The van der Waals surface area contributed by atoms with Crippen molar-refractivity contribution < 1.29 is 23.5 Å². The SMILES string of the molecule is NCCC[C@@H](N)CNC(=O)c1cc2cc(-c3ccc(F)c(C4Oc5ccc(-c6ccc7cc(C(=O)NC[C@H](N)CCCN)[nH]c7c6)cc5O4)c3)ccc2[nH]1. The van der Waals surface area contributed by atoms with Crippen LogP contribution in [0.3, 0.4) is 0 Å². The number of aromatic amines is 2. The second-order valence-electron chi connectivity index (χ2n) is 13.7. The molecule has 1 aliphatic heterocycles. The number of H-pyrrole nitrogens is 2. The molecule has 0 fully saturated rings. The number of hydrogen-bond donors (Lipinski definition) is 8. The Balaban J connectivity index is 1.03. The van der Waals surface area contributed by atoms with E-state index >= 15 is 4.39 Å². The summed E-state index contributed by atoms with van der Waals surface area (Å²) in [6, 6.07) is 25.3. The van der Waals surface area contributed by atoms with Gasteiger partial charge >= 0.3 is 0 Å². The van der Waals surface area contributed by atoms with Crippen LogP contribution in [-0.4, -0.2) is 60.0 Å². The Hall–Kier alpha value is -5.73. The molecule has 280 valence electrons. The molecule has 0 bridgehead atoms. The fourth-order valence-electron chi connectivity index (χ4n) is 6.63. The molecule has 3 heterocycles. The van der Waals surface area contributed by atoms with Crippen LogP contribution in [0.15, 0.2) is 84.9 Å². The maximum atomic E-state index is 15.3. The zero-order chi connectivity index (χ0) is 37.8. The van der Waals surface area contributed by atoms with Crippen molar-refractivity contribution in [1.82, 2.24) is 20.6 Å². The summed E-state index contributed by atoms with van der Waals surface area (Å²) in [7, 11) is 0. The van der Waals surface area contributed by atoms with Crippen LogP contribution >= 0.6 is 0 Å². The van der Waals surface area contributed by atoms with Crippen LogP contribution in [0.1, 0.15) is 58.5 Å². The Labute approximate surface area is 311 Å². The Morgan fingerprint density at radius 1 is 0.648 bits per heavy atom. The first-order valence-electron chi connectivity index (χ1n) is 18.2. The molecule has 13 heteroatoms. The highest BCUT2D eigenvalue weighted by Gasteiger charge is 2.29. The number of benzene rings is 4. The van der Waals surface area contributed by atoms with Crippen LogP contribution in [0.5, 0.6) is 11.5 Å². The smallest absolute Gasteiger partial charge is 0.270 e. The Kier molecular flexibility index (Phi) is 10.9. The molecule has 3 atom stereocenters. The summed E-state index contributed by atoms with van der Waals surface area (Å²) in [5.41, 5.74) is 29.3. The first-order valence-corrected chi connectivity index (χ1v) is 18.2. The van der Waals surface area contributed by atoms with Gasteiger partial charge in [0.2, 0.25) is 0 Å². The normalized spacial score (nSPS) is 14.7. The van der Waals surface area contributed by atoms with Gasteiger partial charge in [0, 0.05) is 47.0 Å². The van der Waals surface area contributed by atoms with E-state index in [0.717, 1.165) is 69.7 Å². The van der Waals surface area contributed by atoms with Gasteiger partial charge in [0.1, 0.15) is 17.2 Å². The topological polar surface area (TPSA) is 212 Å². The third-order valence-corrected chi connectivity index (χ3v) is 9.67. The van der Waals surface area contributed by atoms with Crippen LogP contribution in [0.4, 0.5) is 4.39 Å². The number of nitrogens with two attached hydrogens (primary N) is 4. The van der Waals surface area contributed by atoms with E-state index in [2.05, 4.69) is 20.6 Å². The molecule has 54 heavy (non-hydrogen) atoms. The summed E-state index contributed by atoms with van der Waals surface area (Å²) in [5, 5.41) is 7.49. The summed E-state index contributed by atoms with van der Waals surface area (Å²) in [5.74, 6) is 0.0556. The van der Waals surface area contributed by atoms with Crippen molar-refractivity contribution >= 4 is 33.6 Å². The van der Waals surface area contributed by atoms with Crippen molar-refractivity contribution in [2.75, 3.05) is 26.2 Å². The van der Waals surface area contributed by atoms with Gasteiger partial charge in [0.25, 0.3) is 18.1 Å². The minimum Gasteiger partial charge on any atom is -0.447 e. The molecule has 6 aromatic rings. The lowest BCUT2D eigenvalue weighted by Crippen LogP contribution is -2.37. The highest BCUT2D eigenvalue weighted by molar-refractivity contribution is 6.00. The third-order valence-electron chi connectivity index (χ3n) is 9.67. The number of fused-ring (bicyclic) bond motifs is 3. The fraction of sp³-hybridized carbons (Fsp3) is 0.268. The molecule has 7 rings (SSSR count). The summed E-state index contributed by atoms with van der Waals surface area (Å²) in [4.78, 5) is 32.0. The Morgan fingerprint density at radius 3 is 1.91 bits per heavy atom. The van der Waals surface area contributed by atoms with E-state index in [9.17, 15) is 9.59 Å². The summed E-state index contributed by atoms with van der Waals surface area (Å²) < 4.78 is 27.6. The molecule has 12 nitrogen and oxygen atoms in total. The van der Waals surface area contributed by atoms with Gasteiger partial charge in [-0.1, -0.05) is 30.3 Å². The third kappa shape index (κ3) is 8.09. The number of amides is 2. The molecule has 4 aromatic carbocycles. The van der Waals surface area contributed by atoms with Gasteiger partial charge in [0.15, 0.2) is 11.5 Å². The maximum absolute atomic E-state index is 15.3. The van der Waals surface area contributed by atoms with Gasteiger partial charge < -0.3 is 53.0 Å². The molecule has 12 N–H and O–H groups in total. The van der Waals surface area contributed by atoms with Crippen molar-refractivity contribution in [2.24, 2.45) is 22.9 Å². The van der Waals surface area contributed by atoms with E-state index in [0.29, 0.717) is 49.1 Å². The fourth-order valence-corrected chi connectivity index (χ4v) is 6.63. The number of carbonyl (C=O) groups excluding carboxylic acids is 2. The number of halogens is 1. The zero-order valence-corrected chi connectivity index (χ0v) is 29.8. The van der Waals surface area contributed by atoms with E-state index in [1.54, 1.807) is 24.3 Å².